The van der Waals surface area contributed by atoms with E-state index in [9.17, 15) is 9.59 Å². The fourth-order valence-corrected chi connectivity index (χ4v) is 2.45. The Bertz CT molecular complexity index is 779. The predicted molar refractivity (Wildman–Crippen MR) is 98.0 cm³/mol. The number of methoxy groups -OCH3 is 1. The maximum absolute atomic E-state index is 12.8. The summed E-state index contributed by atoms with van der Waals surface area (Å²) < 4.78 is 10.1. The van der Waals surface area contributed by atoms with Crippen molar-refractivity contribution < 1.29 is 19.1 Å². The van der Waals surface area contributed by atoms with Gasteiger partial charge in [0.1, 0.15) is 5.75 Å². The Morgan fingerprint density at radius 2 is 1.76 bits per heavy atom. The van der Waals surface area contributed by atoms with E-state index in [1.54, 1.807) is 43.5 Å². The third-order valence-corrected chi connectivity index (χ3v) is 3.90. The number of benzene rings is 2. The molecule has 0 saturated heterocycles. The first-order chi connectivity index (χ1) is 12.0. The van der Waals surface area contributed by atoms with Crippen molar-refractivity contribution in [2.45, 2.75) is 13.3 Å². The number of carbonyl (C=O) groups excluding carboxylic acids is 2. The molecule has 4 nitrogen and oxygen atoms in total. The van der Waals surface area contributed by atoms with E-state index in [0.29, 0.717) is 28.3 Å². The lowest BCUT2D eigenvalue weighted by Crippen LogP contribution is -2.08. The van der Waals surface area contributed by atoms with Crippen molar-refractivity contribution >= 4 is 29.4 Å². The lowest BCUT2D eigenvalue weighted by Gasteiger charge is -2.09. The molecule has 0 heterocycles. The third kappa shape index (κ3) is 5.47. The third-order valence-electron chi connectivity index (χ3n) is 3.56. The number of carbonyl (C=O) groups is 2. The van der Waals surface area contributed by atoms with Gasteiger partial charge in [-0.2, -0.15) is 0 Å². The van der Waals surface area contributed by atoms with Crippen molar-refractivity contribution in [3.05, 3.63) is 70.3 Å². The van der Waals surface area contributed by atoms with Crippen LogP contribution >= 0.6 is 11.6 Å². The van der Waals surface area contributed by atoms with Gasteiger partial charge in [0.05, 0.1) is 13.7 Å². The second-order valence-electron chi connectivity index (χ2n) is 5.34. The predicted octanol–water partition coefficient (Wildman–Crippen LogP) is 4.57. The second-order valence-corrected chi connectivity index (χ2v) is 5.75. The van der Waals surface area contributed by atoms with Crippen LogP contribution in [0.15, 0.2) is 54.1 Å². The van der Waals surface area contributed by atoms with E-state index in [0.717, 1.165) is 5.56 Å². The van der Waals surface area contributed by atoms with E-state index in [1.165, 1.54) is 6.92 Å². The minimum absolute atomic E-state index is 0.132. The van der Waals surface area contributed by atoms with Gasteiger partial charge in [-0.1, -0.05) is 29.8 Å². The van der Waals surface area contributed by atoms with Crippen LogP contribution in [0, 0.1) is 0 Å². The Morgan fingerprint density at radius 3 is 2.36 bits per heavy atom. The standard InChI is InChI=1S/C20H19ClO4/c1-14(22)25-12-11-17(13-16-5-3-4-6-19(16)21)20(23)15-7-9-18(24-2)10-8-15/h3-10,13H,11-12H2,1-2H3/b17-13+. The first-order valence-electron chi connectivity index (χ1n) is 7.78. The molecule has 0 bridgehead atoms. The molecule has 2 aromatic carbocycles. The number of ether oxygens (including phenoxy) is 2. The fraction of sp³-hybridized carbons (Fsp3) is 0.200. The maximum atomic E-state index is 12.8. The summed E-state index contributed by atoms with van der Waals surface area (Å²) in [6.07, 6.45) is 2.04. The molecule has 0 fully saturated rings. The van der Waals surface area contributed by atoms with Crippen molar-refractivity contribution in [3.8, 4) is 5.75 Å². The highest BCUT2D eigenvalue weighted by atomic mass is 35.5. The Hall–Kier alpha value is -2.59. The normalized spacial score (nSPS) is 11.1. The van der Waals surface area contributed by atoms with Crippen LogP contribution in [0.4, 0.5) is 0 Å². The monoisotopic (exact) mass is 358 g/mol. The largest absolute Gasteiger partial charge is 0.497 e. The minimum atomic E-state index is -0.381. The zero-order chi connectivity index (χ0) is 18.2. The summed E-state index contributed by atoms with van der Waals surface area (Å²) in [5.74, 6) is 0.150. The number of hydrogen-bond acceptors (Lipinski definition) is 4. The van der Waals surface area contributed by atoms with Gasteiger partial charge < -0.3 is 9.47 Å². The Balaban J connectivity index is 2.30. The van der Waals surface area contributed by atoms with Gasteiger partial charge in [0, 0.05) is 29.5 Å². The van der Waals surface area contributed by atoms with Gasteiger partial charge in [-0.3, -0.25) is 9.59 Å². The highest BCUT2D eigenvalue weighted by Gasteiger charge is 2.14. The molecule has 0 unspecified atom stereocenters. The lowest BCUT2D eigenvalue weighted by atomic mass is 9.98. The van der Waals surface area contributed by atoms with Crippen LogP contribution < -0.4 is 4.74 Å². The number of esters is 1. The summed E-state index contributed by atoms with van der Waals surface area (Å²) in [7, 11) is 1.57. The van der Waals surface area contributed by atoms with Crippen LogP contribution in [-0.4, -0.2) is 25.5 Å². The molecule has 0 N–H and O–H groups in total. The second kappa shape index (κ2) is 9.04. The van der Waals surface area contributed by atoms with Crippen molar-refractivity contribution in [3.63, 3.8) is 0 Å². The van der Waals surface area contributed by atoms with Crippen LogP contribution in [0.3, 0.4) is 0 Å². The first-order valence-corrected chi connectivity index (χ1v) is 8.16. The molecule has 5 heteroatoms. The smallest absolute Gasteiger partial charge is 0.302 e. The van der Waals surface area contributed by atoms with Gasteiger partial charge in [-0.15, -0.1) is 0 Å². The van der Waals surface area contributed by atoms with E-state index < -0.39 is 0 Å². The molecule has 130 valence electrons. The van der Waals surface area contributed by atoms with Crippen molar-refractivity contribution in [2.24, 2.45) is 0 Å². The van der Waals surface area contributed by atoms with E-state index in [1.807, 2.05) is 18.2 Å². The van der Waals surface area contributed by atoms with Gasteiger partial charge in [0.2, 0.25) is 0 Å². The molecular weight excluding hydrogens is 340 g/mol. The van der Waals surface area contributed by atoms with Gasteiger partial charge in [-0.25, -0.2) is 0 Å². The fourth-order valence-electron chi connectivity index (χ4n) is 2.26. The number of ketones is 1. The Labute approximate surface area is 152 Å². The quantitative estimate of drug-likeness (QED) is 0.413. The highest BCUT2D eigenvalue weighted by molar-refractivity contribution is 6.32. The molecule has 0 radical (unpaired) electrons. The Kier molecular flexibility index (Phi) is 6.78. The van der Waals surface area contributed by atoms with E-state index in [4.69, 9.17) is 21.1 Å². The van der Waals surface area contributed by atoms with Gasteiger partial charge >= 0.3 is 5.97 Å². The topological polar surface area (TPSA) is 52.6 Å². The van der Waals surface area contributed by atoms with Gasteiger partial charge in [-0.05, 0) is 42.0 Å². The van der Waals surface area contributed by atoms with Crippen LogP contribution in [0.2, 0.25) is 5.02 Å². The van der Waals surface area contributed by atoms with Crippen molar-refractivity contribution in [1.29, 1.82) is 0 Å². The van der Waals surface area contributed by atoms with Crippen molar-refractivity contribution in [1.82, 2.24) is 0 Å². The van der Waals surface area contributed by atoms with E-state index in [-0.39, 0.29) is 18.4 Å². The molecule has 0 aliphatic rings. The zero-order valence-corrected chi connectivity index (χ0v) is 14.9. The number of rotatable bonds is 7. The molecule has 0 saturated carbocycles. The molecule has 0 aliphatic heterocycles. The van der Waals surface area contributed by atoms with Crippen LogP contribution in [0.5, 0.6) is 5.75 Å². The first kappa shape index (κ1) is 18.7. The van der Waals surface area contributed by atoms with Crippen molar-refractivity contribution in [2.75, 3.05) is 13.7 Å². The molecule has 0 aromatic heterocycles. The lowest BCUT2D eigenvalue weighted by molar-refractivity contribution is -0.140. The van der Waals surface area contributed by atoms with E-state index in [2.05, 4.69) is 0 Å². The Morgan fingerprint density at radius 1 is 1.08 bits per heavy atom. The average molecular weight is 359 g/mol. The summed E-state index contributed by atoms with van der Waals surface area (Å²) in [6, 6.07) is 14.1. The number of Topliss-reactive ketones (excluding diaryl/α,β-unsaturated/α-hetero) is 1. The van der Waals surface area contributed by atoms with Gasteiger partial charge in [0.15, 0.2) is 5.78 Å². The SMILES string of the molecule is COc1ccc(C(=O)/C(=C/c2ccccc2Cl)CCOC(C)=O)cc1. The average Bonchev–Trinajstić information content (AvgIpc) is 2.61. The highest BCUT2D eigenvalue weighted by Crippen LogP contribution is 2.22. The summed E-state index contributed by atoms with van der Waals surface area (Å²) >= 11 is 6.19. The zero-order valence-electron chi connectivity index (χ0n) is 14.1. The number of hydrogen-bond donors (Lipinski definition) is 0. The maximum Gasteiger partial charge on any atom is 0.302 e. The molecule has 25 heavy (non-hydrogen) atoms. The minimum Gasteiger partial charge on any atom is -0.497 e. The van der Waals surface area contributed by atoms with Gasteiger partial charge in [0.25, 0.3) is 0 Å². The molecule has 0 spiro atoms. The van der Waals surface area contributed by atoms with Crippen LogP contribution in [0.1, 0.15) is 29.3 Å². The van der Waals surface area contributed by atoms with Crippen LogP contribution in [-0.2, 0) is 9.53 Å². The summed E-state index contributed by atoms with van der Waals surface area (Å²) in [6.45, 7) is 1.47. The summed E-state index contributed by atoms with van der Waals surface area (Å²) in [4.78, 5) is 23.8. The molecule has 0 aliphatic carbocycles. The molecule has 0 amide bonds. The van der Waals surface area contributed by atoms with Crippen LogP contribution in [0.25, 0.3) is 6.08 Å². The van der Waals surface area contributed by atoms with E-state index >= 15 is 0 Å². The molecule has 2 rings (SSSR count). The molecule has 2 aromatic rings. The molecular formula is C20H19ClO4. The number of halogens is 1. The molecule has 0 atom stereocenters. The summed E-state index contributed by atoms with van der Waals surface area (Å²) in [5, 5.41) is 0.551. The summed E-state index contributed by atoms with van der Waals surface area (Å²) in [5.41, 5.74) is 1.78.